The van der Waals surface area contributed by atoms with Gasteiger partial charge in [0.1, 0.15) is 17.2 Å². The maximum Gasteiger partial charge on any atom is 0.427 e. The van der Waals surface area contributed by atoms with Crippen LogP contribution in [0.15, 0.2) is 36.4 Å². The second-order valence-electron chi connectivity index (χ2n) is 8.09. The third kappa shape index (κ3) is 6.77. The number of nitrogens with zero attached hydrogens (tertiary/aromatic N) is 1. The first kappa shape index (κ1) is 29.3. The molecule has 0 aliphatic carbocycles. The van der Waals surface area contributed by atoms with Crippen LogP contribution in [0.1, 0.15) is 46.0 Å². The highest BCUT2D eigenvalue weighted by Gasteiger charge is 2.43. The van der Waals surface area contributed by atoms with Crippen LogP contribution in [-0.4, -0.2) is 15.4 Å². The van der Waals surface area contributed by atoms with Gasteiger partial charge in [-0.3, -0.25) is 4.79 Å². The molecule has 0 amide bonds. The SMILES string of the molecule is CCc1ccc(-c2nsc(C(F)(F)F)c2COc2c(C(F)(F)F)cc(CCC(=O)O)cc2C(F)(F)F)cc1. The van der Waals surface area contributed by atoms with E-state index in [-0.39, 0.29) is 22.8 Å². The summed E-state index contributed by atoms with van der Waals surface area (Å²) in [6, 6.07) is 6.69. The van der Waals surface area contributed by atoms with Crippen molar-refractivity contribution in [3.63, 3.8) is 0 Å². The fraction of sp³-hybridized carbons (Fsp3) is 0.333. The molecule has 3 aromatic rings. The van der Waals surface area contributed by atoms with E-state index in [0.29, 0.717) is 18.6 Å². The van der Waals surface area contributed by atoms with Crippen molar-refractivity contribution in [2.45, 2.75) is 51.3 Å². The van der Waals surface area contributed by atoms with Crippen molar-refractivity contribution in [1.82, 2.24) is 4.37 Å². The number of ether oxygens (including phenoxy) is 1. The van der Waals surface area contributed by atoms with E-state index in [9.17, 15) is 44.3 Å². The molecule has 1 heterocycles. The largest absolute Gasteiger partial charge is 0.487 e. The third-order valence-corrected chi connectivity index (χ3v) is 6.36. The molecule has 0 atom stereocenters. The average Bonchev–Trinajstić information content (AvgIpc) is 3.24. The molecule has 0 aliphatic rings. The van der Waals surface area contributed by atoms with Crippen molar-refractivity contribution in [2.24, 2.45) is 0 Å². The summed E-state index contributed by atoms with van der Waals surface area (Å²) >= 11 is -0.000783. The lowest BCUT2D eigenvalue weighted by Gasteiger charge is -2.21. The van der Waals surface area contributed by atoms with Gasteiger partial charge in [0.25, 0.3) is 0 Å². The van der Waals surface area contributed by atoms with Crippen molar-refractivity contribution in [3.05, 3.63) is 69.1 Å². The summed E-state index contributed by atoms with van der Waals surface area (Å²) in [5.74, 6) is -3.16. The average molecular weight is 571 g/mol. The van der Waals surface area contributed by atoms with E-state index >= 15 is 0 Å². The molecule has 0 saturated heterocycles. The molecular weight excluding hydrogens is 553 g/mol. The number of carboxylic acid groups (broad SMARTS) is 1. The number of hydrogen-bond acceptors (Lipinski definition) is 4. The van der Waals surface area contributed by atoms with Crippen LogP contribution < -0.4 is 4.74 Å². The number of hydrogen-bond donors (Lipinski definition) is 1. The molecule has 4 nitrogen and oxygen atoms in total. The van der Waals surface area contributed by atoms with Crippen molar-refractivity contribution in [1.29, 1.82) is 0 Å². The van der Waals surface area contributed by atoms with Gasteiger partial charge < -0.3 is 9.84 Å². The first-order valence-electron chi connectivity index (χ1n) is 10.8. The smallest absolute Gasteiger partial charge is 0.427 e. The normalized spacial score (nSPS) is 12.6. The zero-order valence-corrected chi connectivity index (χ0v) is 20.1. The number of benzene rings is 2. The molecular formula is C24H18F9NO3S. The molecule has 0 unspecified atom stereocenters. The van der Waals surface area contributed by atoms with Crippen molar-refractivity contribution >= 4 is 17.5 Å². The quantitative estimate of drug-likeness (QED) is 0.278. The Kier molecular flexibility index (Phi) is 8.34. The second kappa shape index (κ2) is 10.8. The van der Waals surface area contributed by atoms with Gasteiger partial charge in [-0.25, -0.2) is 0 Å². The van der Waals surface area contributed by atoms with Crippen LogP contribution in [0, 0.1) is 0 Å². The Morgan fingerprint density at radius 3 is 1.89 bits per heavy atom. The van der Waals surface area contributed by atoms with Gasteiger partial charge in [0, 0.05) is 17.5 Å². The number of carboxylic acids is 1. The van der Waals surface area contributed by atoms with E-state index in [1.807, 2.05) is 6.92 Å². The molecule has 0 aliphatic heterocycles. The monoisotopic (exact) mass is 571 g/mol. The summed E-state index contributed by atoms with van der Waals surface area (Å²) in [5, 5.41) is 8.75. The van der Waals surface area contributed by atoms with E-state index < -0.39 is 76.8 Å². The number of rotatable bonds is 8. The van der Waals surface area contributed by atoms with E-state index in [1.165, 1.54) is 12.1 Å². The van der Waals surface area contributed by atoms with E-state index in [2.05, 4.69) is 4.37 Å². The summed E-state index contributed by atoms with van der Waals surface area (Å²) in [4.78, 5) is 9.44. The molecule has 0 spiro atoms. The van der Waals surface area contributed by atoms with Crippen LogP contribution in [0.3, 0.4) is 0 Å². The highest BCUT2D eigenvalue weighted by Crippen LogP contribution is 2.46. The number of aromatic nitrogens is 1. The van der Waals surface area contributed by atoms with Crippen molar-refractivity contribution in [2.75, 3.05) is 0 Å². The first-order chi connectivity index (χ1) is 17.5. The number of alkyl halides is 9. The summed E-state index contributed by atoms with van der Waals surface area (Å²) in [5.41, 5.74) is -4.36. The predicted octanol–water partition coefficient (Wildman–Crippen LogP) is 8.03. The Hall–Kier alpha value is -3.29. The lowest BCUT2D eigenvalue weighted by molar-refractivity contribution is -0.146. The van der Waals surface area contributed by atoms with Crippen molar-refractivity contribution < 1.29 is 54.2 Å². The summed E-state index contributed by atoms with van der Waals surface area (Å²) in [6.45, 7) is 0.541. The van der Waals surface area contributed by atoms with Crippen LogP contribution in [0.2, 0.25) is 0 Å². The topological polar surface area (TPSA) is 59.4 Å². The molecule has 2 aromatic carbocycles. The lowest BCUT2D eigenvalue weighted by Crippen LogP contribution is -2.17. The Morgan fingerprint density at radius 2 is 1.45 bits per heavy atom. The van der Waals surface area contributed by atoms with Gasteiger partial charge >= 0.3 is 24.5 Å². The molecule has 0 saturated carbocycles. The van der Waals surface area contributed by atoms with Crippen molar-refractivity contribution in [3.8, 4) is 17.0 Å². The number of carbonyl (C=O) groups is 1. The van der Waals surface area contributed by atoms with Crippen LogP contribution in [0.5, 0.6) is 5.75 Å². The second-order valence-corrected chi connectivity index (χ2v) is 8.86. The minimum absolute atomic E-state index is 0.000783. The highest BCUT2D eigenvalue weighted by atomic mass is 32.1. The molecule has 0 bridgehead atoms. The van der Waals surface area contributed by atoms with E-state index in [4.69, 9.17) is 9.84 Å². The molecule has 0 fully saturated rings. The summed E-state index contributed by atoms with van der Waals surface area (Å²) < 4.78 is 132. The van der Waals surface area contributed by atoms with Gasteiger partial charge in [-0.15, -0.1) is 0 Å². The molecule has 3 rings (SSSR count). The molecule has 206 valence electrons. The molecule has 1 aromatic heterocycles. The summed E-state index contributed by atoms with van der Waals surface area (Å²) in [7, 11) is 0. The van der Waals surface area contributed by atoms with Crippen LogP contribution in [0.4, 0.5) is 39.5 Å². The van der Waals surface area contributed by atoms with Gasteiger partial charge in [0.05, 0.1) is 16.8 Å². The maximum atomic E-state index is 13.8. The molecule has 38 heavy (non-hydrogen) atoms. The summed E-state index contributed by atoms with van der Waals surface area (Å²) in [6.07, 6.45) is -16.6. The third-order valence-electron chi connectivity index (χ3n) is 5.43. The number of aliphatic carboxylic acids is 1. The number of halogens is 9. The molecule has 14 heteroatoms. The Balaban J connectivity index is 2.13. The minimum Gasteiger partial charge on any atom is -0.487 e. The molecule has 0 radical (unpaired) electrons. The Bertz CT molecular complexity index is 1260. The first-order valence-corrected chi connectivity index (χ1v) is 11.6. The molecule has 1 N–H and O–H groups in total. The maximum absolute atomic E-state index is 13.8. The Morgan fingerprint density at radius 1 is 0.895 bits per heavy atom. The highest BCUT2D eigenvalue weighted by molar-refractivity contribution is 7.06. The van der Waals surface area contributed by atoms with Gasteiger partial charge in [0.2, 0.25) is 0 Å². The standard InChI is InChI=1S/C24H18F9NO3S/c1-2-12-3-6-14(7-4-12)19-15(21(38-34-19)24(31,32)33)11-37-20-16(22(25,26)27)9-13(5-8-18(35)36)10-17(20)23(28,29)30/h3-4,6-7,9-10H,2,5,8,11H2,1H3,(H,35,36). The van der Waals surface area contributed by atoms with E-state index in [1.54, 1.807) is 12.1 Å². The van der Waals surface area contributed by atoms with Gasteiger partial charge in [-0.2, -0.15) is 43.9 Å². The van der Waals surface area contributed by atoms with Gasteiger partial charge in [-0.05, 0) is 47.6 Å². The van der Waals surface area contributed by atoms with Gasteiger partial charge in [0.15, 0.2) is 0 Å². The van der Waals surface area contributed by atoms with E-state index in [0.717, 1.165) is 5.56 Å². The zero-order chi connectivity index (χ0) is 28.5. The van der Waals surface area contributed by atoms with Crippen LogP contribution >= 0.6 is 11.5 Å². The fourth-order valence-electron chi connectivity index (χ4n) is 3.60. The number of aryl methyl sites for hydroxylation is 2. The fourth-order valence-corrected chi connectivity index (χ4v) is 4.36. The predicted molar refractivity (Wildman–Crippen MR) is 119 cm³/mol. The van der Waals surface area contributed by atoms with Gasteiger partial charge in [-0.1, -0.05) is 31.2 Å². The lowest BCUT2D eigenvalue weighted by atomic mass is 9.99. The van der Waals surface area contributed by atoms with Crippen LogP contribution in [0.25, 0.3) is 11.3 Å². The zero-order valence-electron chi connectivity index (χ0n) is 19.3. The Labute approximate surface area is 213 Å². The minimum atomic E-state index is -5.40. The van der Waals surface area contributed by atoms with Crippen LogP contribution in [-0.2, 0) is 42.8 Å².